The first-order chi connectivity index (χ1) is 9.17. The second kappa shape index (κ2) is 9.44. The highest BCUT2D eigenvalue weighted by Gasteiger charge is 2.04. The number of benzene rings is 1. The molecular formula is C17H29NS. The summed E-state index contributed by atoms with van der Waals surface area (Å²) in [6.07, 6.45) is 5.07. The number of hydrogen-bond acceptors (Lipinski definition) is 2. The van der Waals surface area contributed by atoms with Gasteiger partial charge >= 0.3 is 0 Å². The maximum absolute atomic E-state index is 3.63. The van der Waals surface area contributed by atoms with Crippen molar-refractivity contribution in [3.8, 4) is 0 Å². The Kier molecular flexibility index (Phi) is 8.24. The Balaban J connectivity index is 2.24. The van der Waals surface area contributed by atoms with E-state index < -0.39 is 0 Å². The third kappa shape index (κ3) is 6.49. The Labute approximate surface area is 123 Å². The number of thioether (sulfide) groups is 1. The molecule has 1 aromatic carbocycles. The molecule has 0 bridgehead atoms. The van der Waals surface area contributed by atoms with E-state index in [1.165, 1.54) is 47.5 Å². The van der Waals surface area contributed by atoms with Gasteiger partial charge in [0.25, 0.3) is 0 Å². The molecule has 1 N–H and O–H groups in total. The molecule has 0 saturated carbocycles. The minimum absolute atomic E-state index is 0.709. The van der Waals surface area contributed by atoms with E-state index in [4.69, 9.17) is 0 Å². The lowest BCUT2D eigenvalue weighted by atomic mass is 10.1. The quantitative estimate of drug-likeness (QED) is 0.507. The van der Waals surface area contributed by atoms with Crippen LogP contribution in [0.5, 0.6) is 0 Å². The third-order valence-electron chi connectivity index (χ3n) is 3.62. The summed E-state index contributed by atoms with van der Waals surface area (Å²) in [5.41, 5.74) is 2.79. The van der Waals surface area contributed by atoms with Crippen LogP contribution in [0.1, 0.15) is 50.7 Å². The molecule has 0 aliphatic carbocycles. The van der Waals surface area contributed by atoms with E-state index in [1.54, 1.807) is 0 Å². The standard InChI is InChI=1S/C17H29NS/c1-5-11-18-16(6-2)8-7-12-19-17-10-9-14(3)15(4)13-17/h9-10,13,16,18H,5-8,11-12H2,1-4H3. The first-order valence-electron chi connectivity index (χ1n) is 7.60. The maximum Gasteiger partial charge on any atom is 0.00747 e. The van der Waals surface area contributed by atoms with Crippen LogP contribution in [0.4, 0.5) is 0 Å². The van der Waals surface area contributed by atoms with E-state index >= 15 is 0 Å². The fraction of sp³-hybridized carbons (Fsp3) is 0.647. The average Bonchev–Trinajstić information content (AvgIpc) is 2.42. The largest absolute Gasteiger partial charge is 0.314 e. The number of hydrogen-bond donors (Lipinski definition) is 1. The summed E-state index contributed by atoms with van der Waals surface area (Å²) in [6, 6.07) is 7.50. The van der Waals surface area contributed by atoms with E-state index in [1.807, 2.05) is 11.8 Å². The highest BCUT2D eigenvalue weighted by Crippen LogP contribution is 2.22. The van der Waals surface area contributed by atoms with Crippen molar-refractivity contribution in [3.63, 3.8) is 0 Å². The van der Waals surface area contributed by atoms with Crippen molar-refractivity contribution >= 4 is 11.8 Å². The Morgan fingerprint density at radius 2 is 1.95 bits per heavy atom. The van der Waals surface area contributed by atoms with Gasteiger partial charge in [-0.25, -0.2) is 0 Å². The molecule has 1 nitrogen and oxygen atoms in total. The first kappa shape index (κ1) is 16.6. The van der Waals surface area contributed by atoms with E-state index in [-0.39, 0.29) is 0 Å². The van der Waals surface area contributed by atoms with Gasteiger partial charge in [0.15, 0.2) is 0 Å². The Bertz CT molecular complexity index is 362. The summed E-state index contributed by atoms with van der Waals surface area (Å²) < 4.78 is 0. The number of nitrogens with one attached hydrogen (secondary N) is 1. The monoisotopic (exact) mass is 279 g/mol. The van der Waals surface area contributed by atoms with Gasteiger partial charge in [0.2, 0.25) is 0 Å². The molecule has 0 aliphatic rings. The second-order valence-corrected chi connectivity index (χ2v) is 6.46. The van der Waals surface area contributed by atoms with E-state index in [0.717, 1.165) is 6.54 Å². The molecule has 0 spiro atoms. The minimum Gasteiger partial charge on any atom is -0.314 e. The molecule has 0 saturated heterocycles. The molecule has 0 heterocycles. The molecule has 1 rings (SSSR count). The van der Waals surface area contributed by atoms with Gasteiger partial charge in [0.05, 0.1) is 0 Å². The smallest absolute Gasteiger partial charge is 0.00747 e. The topological polar surface area (TPSA) is 12.0 Å². The molecule has 2 heteroatoms. The molecule has 0 aromatic heterocycles. The molecule has 0 aliphatic heterocycles. The van der Waals surface area contributed by atoms with E-state index in [2.05, 4.69) is 51.2 Å². The van der Waals surface area contributed by atoms with Crippen molar-refractivity contribution in [2.45, 2.75) is 64.3 Å². The van der Waals surface area contributed by atoms with Crippen LogP contribution in [0.2, 0.25) is 0 Å². The summed E-state index contributed by atoms with van der Waals surface area (Å²) in [5.74, 6) is 1.23. The van der Waals surface area contributed by atoms with Gasteiger partial charge < -0.3 is 5.32 Å². The number of aryl methyl sites for hydroxylation is 2. The van der Waals surface area contributed by atoms with Crippen LogP contribution in [0.15, 0.2) is 23.1 Å². The summed E-state index contributed by atoms with van der Waals surface area (Å²) in [4.78, 5) is 1.41. The van der Waals surface area contributed by atoms with Crippen molar-refractivity contribution in [1.82, 2.24) is 5.32 Å². The average molecular weight is 279 g/mol. The fourth-order valence-corrected chi connectivity index (χ4v) is 3.09. The lowest BCUT2D eigenvalue weighted by Gasteiger charge is -2.16. The highest BCUT2D eigenvalue weighted by atomic mass is 32.2. The van der Waals surface area contributed by atoms with E-state index in [9.17, 15) is 0 Å². The van der Waals surface area contributed by atoms with Gasteiger partial charge in [-0.3, -0.25) is 0 Å². The van der Waals surface area contributed by atoms with Crippen LogP contribution in [-0.2, 0) is 0 Å². The van der Waals surface area contributed by atoms with Gasteiger partial charge in [-0.1, -0.05) is 19.9 Å². The zero-order chi connectivity index (χ0) is 14.1. The van der Waals surface area contributed by atoms with Crippen LogP contribution in [0.25, 0.3) is 0 Å². The van der Waals surface area contributed by atoms with Crippen molar-refractivity contribution < 1.29 is 0 Å². The van der Waals surface area contributed by atoms with Crippen molar-refractivity contribution in [1.29, 1.82) is 0 Å². The van der Waals surface area contributed by atoms with Crippen molar-refractivity contribution in [2.75, 3.05) is 12.3 Å². The van der Waals surface area contributed by atoms with Gasteiger partial charge in [-0.05, 0) is 75.1 Å². The lowest BCUT2D eigenvalue weighted by molar-refractivity contribution is 0.465. The zero-order valence-corrected chi connectivity index (χ0v) is 13.8. The third-order valence-corrected chi connectivity index (χ3v) is 4.70. The minimum atomic E-state index is 0.709. The fourth-order valence-electron chi connectivity index (χ4n) is 2.12. The molecule has 1 atom stereocenters. The van der Waals surface area contributed by atoms with Gasteiger partial charge in [0, 0.05) is 10.9 Å². The van der Waals surface area contributed by atoms with Crippen LogP contribution in [0, 0.1) is 13.8 Å². The molecule has 0 fully saturated rings. The van der Waals surface area contributed by atoms with E-state index in [0.29, 0.717) is 6.04 Å². The summed E-state index contributed by atoms with van der Waals surface area (Å²) in [7, 11) is 0. The Morgan fingerprint density at radius 3 is 2.58 bits per heavy atom. The molecule has 0 radical (unpaired) electrons. The number of rotatable bonds is 9. The van der Waals surface area contributed by atoms with Crippen molar-refractivity contribution in [2.24, 2.45) is 0 Å². The summed E-state index contributed by atoms with van der Waals surface area (Å²) in [6.45, 7) is 10.0. The van der Waals surface area contributed by atoms with Gasteiger partial charge in [-0.15, -0.1) is 11.8 Å². The molecule has 1 aromatic rings. The van der Waals surface area contributed by atoms with Crippen LogP contribution in [0.3, 0.4) is 0 Å². The molecule has 0 amide bonds. The van der Waals surface area contributed by atoms with Crippen LogP contribution < -0.4 is 5.32 Å². The maximum atomic E-state index is 3.63. The molecule has 108 valence electrons. The Morgan fingerprint density at radius 1 is 1.16 bits per heavy atom. The SMILES string of the molecule is CCCNC(CC)CCCSc1ccc(C)c(C)c1. The predicted molar refractivity (Wildman–Crippen MR) is 88.2 cm³/mol. The van der Waals surface area contributed by atoms with Gasteiger partial charge in [0.1, 0.15) is 0 Å². The van der Waals surface area contributed by atoms with Gasteiger partial charge in [-0.2, -0.15) is 0 Å². The molecular weight excluding hydrogens is 250 g/mol. The first-order valence-corrected chi connectivity index (χ1v) is 8.59. The summed E-state index contributed by atoms with van der Waals surface area (Å²) >= 11 is 1.99. The van der Waals surface area contributed by atoms with Crippen LogP contribution in [-0.4, -0.2) is 18.3 Å². The van der Waals surface area contributed by atoms with Crippen molar-refractivity contribution in [3.05, 3.63) is 29.3 Å². The highest BCUT2D eigenvalue weighted by molar-refractivity contribution is 7.99. The second-order valence-electron chi connectivity index (χ2n) is 5.30. The Hall–Kier alpha value is -0.470. The normalized spacial score (nSPS) is 12.6. The molecule has 19 heavy (non-hydrogen) atoms. The van der Waals surface area contributed by atoms with Crippen LogP contribution >= 0.6 is 11.8 Å². The summed E-state index contributed by atoms with van der Waals surface area (Å²) in [5, 5.41) is 3.63. The lowest BCUT2D eigenvalue weighted by Crippen LogP contribution is -2.29. The molecule has 1 unspecified atom stereocenters. The predicted octanol–water partition coefficient (Wildman–Crippen LogP) is 4.95. The zero-order valence-electron chi connectivity index (χ0n) is 13.0.